The first-order chi connectivity index (χ1) is 13.6. The molecule has 3 aromatic carbocycles. The van der Waals surface area contributed by atoms with Crippen molar-refractivity contribution in [3.63, 3.8) is 0 Å². The summed E-state index contributed by atoms with van der Waals surface area (Å²) in [4.78, 5) is 0. The van der Waals surface area contributed by atoms with E-state index in [4.69, 9.17) is 9.84 Å². The Kier molecular flexibility index (Phi) is 4.16. The molecule has 0 aliphatic carbocycles. The van der Waals surface area contributed by atoms with E-state index < -0.39 is 6.23 Å². The maximum atomic E-state index is 14.5. The van der Waals surface area contributed by atoms with Gasteiger partial charge in [-0.05, 0) is 42.0 Å². The minimum absolute atomic E-state index is 0.0918. The fourth-order valence-corrected chi connectivity index (χ4v) is 4.13. The van der Waals surface area contributed by atoms with E-state index in [0.717, 1.165) is 21.3 Å². The van der Waals surface area contributed by atoms with Gasteiger partial charge >= 0.3 is 0 Å². The van der Waals surface area contributed by atoms with Crippen LogP contribution in [0.4, 0.5) is 8.78 Å². The Labute approximate surface area is 169 Å². The van der Waals surface area contributed by atoms with Crippen LogP contribution < -0.4 is 4.74 Å². The van der Waals surface area contributed by atoms with Crippen LogP contribution in [0, 0.1) is 11.6 Å². The number of hydrogen-bond donors (Lipinski definition) is 0. The number of hydrazone groups is 1. The van der Waals surface area contributed by atoms with Gasteiger partial charge in [0.25, 0.3) is 0 Å². The Bertz CT molecular complexity index is 1080. The van der Waals surface area contributed by atoms with Crippen LogP contribution >= 0.6 is 15.9 Å². The van der Waals surface area contributed by atoms with Crippen molar-refractivity contribution in [1.82, 2.24) is 5.01 Å². The number of nitrogens with zero attached hydrogens (tertiary/aromatic N) is 2. The molecule has 140 valence electrons. The molecule has 0 amide bonds. The predicted octanol–water partition coefficient (Wildman–Crippen LogP) is 5.97. The van der Waals surface area contributed by atoms with E-state index in [1.807, 2.05) is 23.2 Å². The first-order valence-corrected chi connectivity index (χ1v) is 9.72. The molecular weight excluding hydrogens is 426 g/mol. The zero-order valence-electron chi connectivity index (χ0n) is 14.6. The maximum absolute atomic E-state index is 14.5. The quantitative estimate of drug-likeness (QED) is 0.490. The highest BCUT2D eigenvalue weighted by Gasteiger charge is 2.41. The average Bonchev–Trinajstić information content (AvgIpc) is 3.14. The van der Waals surface area contributed by atoms with Gasteiger partial charge in [0.2, 0.25) is 6.23 Å². The zero-order valence-corrected chi connectivity index (χ0v) is 16.2. The lowest BCUT2D eigenvalue weighted by Gasteiger charge is -2.38. The number of fused-ring (bicyclic) bond motifs is 3. The van der Waals surface area contributed by atoms with Gasteiger partial charge in [-0.3, -0.25) is 0 Å². The van der Waals surface area contributed by atoms with E-state index in [9.17, 15) is 8.78 Å². The first kappa shape index (κ1) is 17.4. The number of benzene rings is 3. The van der Waals surface area contributed by atoms with E-state index in [1.54, 1.807) is 30.3 Å². The van der Waals surface area contributed by atoms with Gasteiger partial charge in [0.15, 0.2) is 0 Å². The Morgan fingerprint density at radius 2 is 1.75 bits per heavy atom. The third-order valence-electron chi connectivity index (χ3n) is 5.10. The van der Waals surface area contributed by atoms with Crippen molar-refractivity contribution in [2.24, 2.45) is 5.10 Å². The number of ether oxygens (including phenoxy) is 1. The molecule has 6 heteroatoms. The Morgan fingerprint density at radius 3 is 2.54 bits per heavy atom. The van der Waals surface area contributed by atoms with Gasteiger partial charge in [0.1, 0.15) is 17.4 Å². The second-order valence-corrected chi connectivity index (χ2v) is 7.74. The third kappa shape index (κ3) is 2.88. The molecule has 28 heavy (non-hydrogen) atoms. The summed E-state index contributed by atoms with van der Waals surface area (Å²) in [5.41, 5.74) is 3.09. The number of hydrogen-bond acceptors (Lipinski definition) is 3. The second-order valence-electron chi connectivity index (χ2n) is 6.83. The summed E-state index contributed by atoms with van der Waals surface area (Å²) in [6.45, 7) is 0. The van der Waals surface area contributed by atoms with E-state index in [0.29, 0.717) is 17.7 Å². The molecular formula is C22H15BrF2N2O. The maximum Gasteiger partial charge on any atom is 0.216 e. The SMILES string of the molecule is Fc1ccc(C2=NN3[C@@H](c4ccccc4F)Oc4ccc(Br)cc4[C@@H]3C2)cc1. The third-order valence-corrected chi connectivity index (χ3v) is 5.59. The Morgan fingerprint density at radius 1 is 0.964 bits per heavy atom. The molecule has 0 spiro atoms. The van der Waals surface area contributed by atoms with Crippen LogP contribution in [0.15, 0.2) is 76.3 Å². The molecule has 0 unspecified atom stereocenters. The summed E-state index contributed by atoms with van der Waals surface area (Å²) < 4.78 is 35.0. The summed E-state index contributed by atoms with van der Waals surface area (Å²) in [5, 5.41) is 6.57. The average molecular weight is 441 g/mol. The molecule has 2 atom stereocenters. The van der Waals surface area contributed by atoms with E-state index in [-0.39, 0.29) is 17.7 Å². The van der Waals surface area contributed by atoms with Crippen molar-refractivity contribution in [1.29, 1.82) is 0 Å². The molecule has 3 aromatic rings. The van der Waals surface area contributed by atoms with Crippen molar-refractivity contribution in [3.8, 4) is 5.75 Å². The van der Waals surface area contributed by atoms with Gasteiger partial charge in [-0.25, -0.2) is 13.8 Å². The molecule has 2 heterocycles. The van der Waals surface area contributed by atoms with Crippen LogP contribution in [-0.4, -0.2) is 10.7 Å². The van der Waals surface area contributed by atoms with E-state index in [1.165, 1.54) is 18.2 Å². The molecule has 0 aromatic heterocycles. The van der Waals surface area contributed by atoms with Crippen molar-refractivity contribution in [3.05, 3.63) is 99.5 Å². The number of rotatable bonds is 2. The molecule has 0 N–H and O–H groups in total. The molecule has 0 radical (unpaired) electrons. The molecule has 2 aliphatic rings. The summed E-state index contributed by atoms with van der Waals surface area (Å²) in [6, 6.07) is 18.6. The van der Waals surface area contributed by atoms with Crippen LogP contribution in [0.3, 0.4) is 0 Å². The van der Waals surface area contributed by atoms with Gasteiger partial charge in [-0.1, -0.05) is 46.3 Å². The van der Waals surface area contributed by atoms with Crippen molar-refractivity contribution in [2.45, 2.75) is 18.7 Å². The van der Waals surface area contributed by atoms with Crippen molar-refractivity contribution >= 4 is 21.6 Å². The van der Waals surface area contributed by atoms with Crippen LogP contribution in [0.5, 0.6) is 5.75 Å². The van der Waals surface area contributed by atoms with Gasteiger partial charge in [-0.2, -0.15) is 5.10 Å². The largest absolute Gasteiger partial charge is 0.464 e. The standard InChI is InChI=1S/C22H15BrF2N2O/c23-14-7-10-21-17(11-14)20-12-19(13-5-8-15(24)9-6-13)26-27(20)22(28-21)16-3-1-2-4-18(16)25/h1-11,20,22H,12H2/t20-,22+/m0/s1. The molecule has 3 nitrogen and oxygen atoms in total. The fourth-order valence-electron chi connectivity index (χ4n) is 3.76. The molecule has 0 saturated heterocycles. The highest BCUT2D eigenvalue weighted by atomic mass is 79.9. The van der Waals surface area contributed by atoms with Crippen molar-refractivity contribution < 1.29 is 13.5 Å². The summed E-state index contributed by atoms with van der Waals surface area (Å²) >= 11 is 3.51. The van der Waals surface area contributed by atoms with Crippen LogP contribution in [0.2, 0.25) is 0 Å². The lowest BCUT2D eigenvalue weighted by atomic mass is 9.96. The lowest BCUT2D eigenvalue weighted by molar-refractivity contribution is -0.0212. The minimum Gasteiger partial charge on any atom is -0.464 e. The Hall–Kier alpha value is -2.73. The van der Waals surface area contributed by atoms with Crippen molar-refractivity contribution in [2.75, 3.05) is 0 Å². The predicted molar refractivity (Wildman–Crippen MR) is 106 cm³/mol. The molecule has 0 bridgehead atoms. The monoisotopic (exact) mass is 440 g/mol. The normalized spacial score (nSPS) is 20.2. The van der Waals surface area contributed by atoms with E-state index >= 15 is 0 Å². The molecule has 2 aliphatic heterocycles. The molecule has 0 saturated carbocycles. The minimum atomic E-state index is -0.669. The van der Waals surface area contributed by atoms with Gasteiger partial charge in [-0.15, -0.1) is 0 Å². The fraction of sp³-hybridized carbons (Fsp3) is 0.136. The van der Waals surface area contributed by atoms with Gasteiger partial charge in [0.05, 0.1) is 17.3 Å². The summed E-state index contributed by atoms with van der Waals surface area (Å²) in [5.74, 6) is 0.0902. The summed E-state index contributed by atoms with van der Waals surface area (Å²) in [6.07, 6.45) is -0.0403. The van der Waals surface area contributed by atoms with Crippen LogP contribution in [-0.2, 0) is 0 Å². The Balaban J connectivity index is 1.62. The number of halogens is 3. The van der Waals surface area contributed by atoms with Crippen LogP contribution in [0.25, 0.3) is 0 Å². The zero-order chi connectivity index (χ0) is 19.3. The lowest BCUT2D eigenvalue weighted by Crippen LogP contribution is -2.34. The van der Waals surface area contributed by atoms with Gasteiger partial charge < -0.3 is 4.74 Å². The van der Waals surface area contributed by atoms with Gasteiger partial charge in [0, 0.05) is 16.5 Å². The first-order valence-electron chi connectivity index (χ1n) is 8.92. The van der Waals surface area contributed by atoms with E-state index in [2.05, 4.69) is 15.9 Å². The highest BCUT2D eigenvalue weighted by molar-refractivity contribution is 9.10. The molecule has 0 fully saturated rings. The summed E-state index contributed by atoms with van der Waals surface area (Å²) in [7, 11) is 0. The highest BCUT2D eigenvalue weighted by Crippen LogP contribution is 2.48. The second kappa shape index (κ2) is 6.71. The smallest absolute Gasteiger partial charge is 0.216 e. The van der Waals surface area contributed by atoms with Crippen LogP contribution in [0.1, 0.15) is 35.4 Å². The topological polar surface area (TPSA) is 24.8 Å². The molecule has 5 rings (SSSR count).